The summed E-state index contributed by atoms with van der Waals surface area (Å²) in [6, 6.07) is 9.94. The van der Waals surface area contributed by atoms with Crippen LogP contribution in [0.4, 0.5) is 0 Å². The molecule has 2 atom stereocenters. The number of benzene rings is 1. The molecule has 0 heterocycles. The first-order chi connectivity index (χ1) is 8.01. The van der Waals surface area contributed by atoms with Gasteiger partial charge in [-0.15, -0.1) is 0 Å². The van der Waals surface area contributed by atoms with E-state index in [4.69, 9.17) is 5.73 Å². The second kappa shape index (κ2) is 4.49. The lowest BCUT2D eigenvalue weighted by Gasteiger charge is -2.26. The van der Waals surface area contributed by atoms with Crippen LogP contribution in [-0.4, -0.2) is 11.4 Å². The molecule has 0 radical (unpaired) electrons. The van der Waals surface area contributed by atoms with Gasteiger partial charge in [0.15, 0.2) is 0 Å². The number of amides is 1. The van der Waals surface area contributed by atoms with Crippen molar-refractivity contribution >= 4 is 5.91 Å². The largest absolute Gasteiger partial charge is 0.348 e. The van der Waals surface area contributed by atoms with E-state index in [1.807, 2.05) is 44.2 Å². The molecule has 0 aliphatic heterocycles. The predicted octanol–water partition coefficient (Wildman–Crippen LogP) is 1.99. The minimum absolute atomic E-state index is 0.00493. The fourth-order valence-corrected chi connectivity index (χ4v) is 2.05. The molecule has 0 aromatic heterocycles. The van der Waals surface area contributed by atoms with E-state index in [-0.39, 0.29) is 11.9 Å². The Bertz CT molecular complexity index is 396. The van der Waals surface area contributed by atoms with E-state index in [1.54, 1.807) is 0 Å². The molecule has 1 fully saturated rings. The van der Waals surface area contributed by atoms with Crippen molar-refractivity contribution in [2.24, 2.45) is 11.7 Å². The molecule has 92 valence electrons. The average molecular weight is 232 g/mol. The van der Waals surface area contributed by atoms with Gasteiger partial charge in [0, 0.05) is 0 Å². The van der Waals surface area contributed by atoms with Crippen molar-refractivity contribution in [3.05, 3.63) is 35.9 Å². The van der Waals surface area contributed by atoms with Crippen LogP contribution >= 0.6 is 0 Å². The van der Waals surface area contributed by atoms with E-state index >= 15 is 0 Å². The summed E-state index contributed by atoms with van der Waals surface area (Å²) in [6.07, 6.45) is 2.14. The summed E-state index contributed by atoms with van der Waals surface area (Å²) in [7, 11) is 0. The van der Waals surface area contributed by atoms with Gasteiger partial charge in [-0.1, -0.05) is 30.3 Å². The lowest BCUT2D eigenvalue weighted by atomic mass is 9.95. The third-order valence-electron chi connectivity index (χ3n) is 3.56. The van der Waals surface area contributed by atoms with E-state index in [0.29, 0.717) is 5.92 Å². The summed E-state index contributed by atoms with van der Waals surface area (Å²) in [5.41, 5.74) is 6.46. The molecular formula is C14H20N2O. The standard InChI is InChI=1S/C14H20N2O/c1-10(11-6-4-3-5-7-11)16-13(17)14(2,15)12-8-9-12/h3-7,10,12H,8-9,15H2,1-2H3,(H,16,17)/t10-,14?/m0/s1. The maximum absolute atomic E-state index is 12.1. The lowest BCUT2D eigenvalue weighted by molar-refractivity contribution is -0.127. The van der Waals surface area contributed by atoms with Crippen LogP contribution in [0.25, 0.3) is 0 Å². The monoisotopic (exact) mass is 232 g/mol. The number of hydrogen-bond acceptors (Lipinski definition) is 2. The van der Waals surface area contributed by atoms with Crippen LogP contribution in [0, 0.1) is 5.92 Å². The van der Waals surface area contributed by atoms with Crippen LogP contribution < -0.4 is 11.1 Å². The molecule has 1 aliphatic rings. The van der Waals surface area contributed by atoms with E-state index in [0.717, 1.165) is 18.4 Å². The normalized spacial score (nSPS) is 20.4. The zero-order valence-corrected chi connectivity index (χ0v) is 10.4. The maximum Gasteiger partial charge on any atom is 0.240 e. The van der Waals surface area contributed by atoms with Gasteiger partial charge in [0.05, 0.1) is 11.6 Å². The van der Waals surface area contributed by atoms with Gasteiger partial charge >= 0.3 is 0 Å². The van der Waals surface area contributed by atoms with E-state index < -0.39 is 5.54 Å². The molecule has 1 unspecified atom stereocenters. The predicted molar refractivity (Wildman–Crippen MR) is 68.3 cm³/mol. The third-order valence-corrected chi connectivity index (χ3v) is 3.56. The SMILES string of the molecule is C[C@H](NC(=O)C(C)(N)C1CC1)c1ccccc1. The molecule has 1 aromatic carbocycles. The van der Waals surface area contributed by atoms with Crippen molar-refractivity contribution in [1.82, 2.24) is 5.32 Å². The van der Waals surface area contributed by atoms with Crippen LogP contribution in [-0.2, 0) is 4.79 Å². The second-order valence-corrected chi connectivity index (χ2v) is 5.16. The number of rotatable bonds is 4. The van der Waals surface area contributed by atoms with Gasteiger partial charge in [0.2, 0.25) is 5.91 Å². The van der Waals surface area contributed by atoms with Crippen LogP contribution in [0.15, 0.2) is 30.3 Å². The van der Waals surface area contributed by atoms with Gasteiger partial charge in [-0.05, 0) is 38.2 Å². The minimum atomic E-state index is -0.719. The van der Waals surface area contributed by atoms with Gasteiger partial charge in [0.1, 0.15) is 0 Å². The number of carbonyl (C=O) groups excluding carboxylic acids is 1. The Balaban J connectivity index is 1.99. The molecule has 0 saturated heterocycles. The molecule has 1 aromatic rings. The molecule has 17 heavy (non-hydrogen) atoms. The molecule has 0 bridgehead atoms. The summed E-state index contributed by atoms with van der Waals surface area (Å²) in [6.45, 7) is 3.81. The van der Waals surface area contributed by atoms with Crippen LogP contribution in [0.2, 0.25) is 0 Å². The van der Waals surface area contributed by atoms with E-state index in [9.17, 15) is 4.79 Å². The van der Waals surface area contributed by atoms with Crippen molar-refractivity contribution in [2.75, 3.05) is 0 Å². The molecule has 3 N–H and O–H groups in total. The van der Waals surface area contributed by atoms with Crippen molar-refractivity contribution in [2.45, 2.75) is 38.3 Å². The van der Waals surface area contributed by atoms with Crippen molar-refractivity contribution in [1.29, 1.82) is 0 Å². The van der Waals surface area contributed by atoms with Crippen LogP contribution in [0.3, 0.4) is 0 Å². The Morgan fingerprint density at radius 3 is 2.53 bits per heavy atom. The zero-order chi connectivity index (χ0) is 12.5. The molecule has 3 nitrogen and oxygen atoms in total. The molecule has 2 rings (SSSR count). The van der Waals surface area contributed by atoms with Gasteiger partial charge in [-0.25, -0.2) is 0 Å². The van der Waals surface area contributed by atoms with Gasteiger partial charge in [-0.3, -0.25) is 4.79 Å². The van der Waals surface area contributed by atoms with Crippen molar-refractivity contribution in [3.63, 3.8) is 0 Å². The summed E-state index contributed by atoms with van der Waals surface area (Å²) in [4.78, 5) is 12.1. The smallest absolute Gasteiger partial charge is 0.240 e. The fraction of sp³-hybridized carbons (Fsp3) is 0.500. The Kier molecular flexibility index (Phi) is 3.20. The Morgan fingerprint density at radius 1 is 1.41 bits per heavy atom. The lowest BCUT2D eigenvalue weighted by Crippen LogP contribution is -2.53. The molecule has 0 spiro atoms. The molecule has 1 aliphatic carbocycles. The number of nitrogens with one attached hydrogen (secondary N) is 1. The van der Waals surface area contributed by atoms with E-state index in [1.165, 1.54) is 0 Å². The molecule has 3 heteroatoms. The molecule has 1 saturated carbocycles. The highest BCUT2D eigenvalue weighted by molar-refractivity contribution is 5.86. The summed E-state index contributed by atoms with van der Waals surface area (Å²) in [5.74, 6) is 0.307. The topological polar surface area (TPSA) is 55.1 Å². The zero-order valence-electron chi connectivity index (χ0n) is 10.4. The second-order valence-electron chi connectivity index (χ2n) is 5.16. The molecular weight excluding hydrogens is 212 g/mol. The summed E-state index contributed by atoms with van der Waals surface area (Å²) < 4.78 is 0. The average Bonchev–Trinajstić information content (AvgIpc) is 3.14. The summed E-state index contributed by atoms with van der Waals surface area (Å²) in [5, 5.41) is 2.99. The number of carbonyl (C=O) groups is 1. The fourth-order valence-electron chi connectivity index (χ4n) is 2.05. The van der Waals surface area contributed by atoms with Crippen molar-refractivity contribution < 1.29 is 4.79 Å². The number of hydrogen-bond donors (Lipinski definition) is 2. The highest BCUT2D eigenvalue weighted by Gasteiger charge is 2.44. The van der Waals surface area contributed by atoms with Gasteiger partial charge in [-0.2, -0.15) is 0 Å². The first kappa shape index (κ1) is 12.1. The third kappa shape index (κ3) is 2.67. The number of nitrogens with two attached hydrogens (primary N) is 1. The van der Waals surface area contributed by atoms with Crippen LogP contribution in [0.1, 0.15) is 38.3 Å². The summed E-state index contributed by atoms with van der Waals surface area (Å²) >= 11 is 0. The first-order valence-electron chi connectivity index (χ1n) is 6.16. The Morgan fingerprint density at radius 2 is 2.00 bits per heavy atom. The highest BCUT2D eigenvalue weighted by atomic mass is 16.2. The molecule has 1 amide bonds. The minimum Gasteiger partial charge on any atom is -0.348 e. The first-order valence-corrected chi connectivity index (χ1v) is 6.16. The Labute approximate surface area is 102 Å². The van der Waals surface area contributed by atoms with Gasteiger partial charge in [0.25, 0.3) is 0 Å². The Hall–Kier alpha value is -1.35. The maximum atomic E-state index is 12.1. The highest BCUT2D eigenvalue weighted by Crippen LogP contribution is 2.38. The van der Waals surface area contributed by atoms with Crippen molar-refractivity contribution in [3.8, 4) is 0 Å². The van der Waals surface area contributed by atoms with Crippen LogP contribution in [0.5, 0.6) is 0 Å². The van der Waals surface area contributed by atoms with E-state index in [2.05, 4.69) is 5.32 Å². The quantitative estimate of drug-likeness (QED) is 0.834. The van der Waals surface area contributed by atoms with Gasteiger partial charge < -0.3 is 11.1 Å².